The van der Waals surface area contributed by atoms with E-state index in [0.717, 1.165) is 0 Å². The van der Waals surface area contributed by atoms with E-state index in [1.54, 1.807) is 0 Å². The van der Waals surface area contributed by atoms with Crippen LogP contribution in [0.1, 0.15) is 20.8 Å². The fraction of sp³-hybridized carbons (Fsp3) is 0.750. The van der Waals surface area contributed by atoms with Gasteiger partial charge in [0.05, 0.1) is 12.4 Å². The van der Waals surface area contributed by atoms with E-state index in [-0.39, 0.29) is 0 Å². The lowest BCUT2D eigenvalue weighted by Gasteiger charge is -2.27. The molecular formula is C8H14O. The molecule has 0 bridgehead atoms. The van der Waals surface area contributed by atoms with Crippen LogP contribution in [0.4, 0.5) is 0 Å². The summed E-state index contributed by atoms with van der Waals surface area (Å²) in [5.74, 6) is 1.34. The Morgan fingerprint density at radius 2 is 1.89 bits per heavy atom. The van der Waals surface area contributed by atoms with E-state index in [4.69, 9.17) is 4.74 Å². The average Bonchev–Trinajstić information content (AvgIpc) is 1.83. The molecule has 3 atom stereocenters. The van der Waals surface area contributed by atoms with Gasteiger partial charge in [-0.1, -0.05) is 13.8 Å². The predicted molar refractivity (Wildman–Crippen MR) is 38.0 cm³/mol. The summed E-state index contributed by atoms with van der Waals surface area (Å²) < 4.78 is 5.28. The Bertz CT molecular complexity index is 118. The zero-order chi connectivity index (χ0) is 6.85. The van der Waals surface area contributed by atoms with Crippen LogP contribution in [-0.2, 0) is 4.74 Å². The Labute approximate surface area is 56.7 Å². The van der Waals surface area contributed by atoms with E-state index in [2.05, 4.69) is 26.8 Å². The zero-order valence-electron chi connectivity index (χ0n) is 6.29. The first-order valence-corrected chi connectivity index (χ1v) is 3.54. The second kappa shape index (κ2) is 2.42. The van der Waals surface area contributed by atoms with Crippen LogP contribution in [0.5, 0.6) is 0 Å². The number of rotatable bonds is 0. The molecule has 0 radical (unpaired) electrons. The molecule has 1 nitrogen and oxygen atoms in total. The molecule has 0 aromatic carbocycles. The Morgan fingerprint density at radius 3 is 2.33 bits per heavy atom. The van der Waals surface area contributed by atoms with Gasteiger partial charge >= 0.3 is 0 Å². The third kappa shape index (κ3) is 1.26. The lowest BCUT2D eigenvalue weighted by Crippen LogP contribution is -2.24. The predicted octanol–water partition coefficient (Wildman–Crippen LogP) is 2.19. The molecule has 52 valence electrons. The molecule has 0 N–H and O–H groups in total. The summed E-state index contributed by atoms with van der Waals surface area (Å²) in [5.41, 5.74) is 0. The molecule has 0 fully saturated rings. The second-order valence-electron chi connectivity index (χ2n) is 2.89. The molecule has 1 heteroatoms. The number of ether oxygens (including phenoxy) is 1. The summed E-state index contributed by atoms with van der Waals surface area (Å²) >= 11 is 0. The molecule has 0 saturated carbocycles. The van der Waals surface area contributed by atoms with Crippen molar-refractivity contribution in [3.63, 3.8) is 0 Å². The Kier molecular flexibility index (Phi) is 1.79. The summed E-state index contributed by atoms with van der Waals surface area (Å²) in [7, 11) is 0. The minimum atomic E-state index is 0.394. The second-order valence-corrected chi connectivity index (χ2v) is 2.89. The topological polar surface area (TPSA) is 9.23 Å². The van der Waals surface area contributed by atoms with E-state index in [9.17, 15) is 0 Å². The molecule has 1 rings (SSSR count). The van der Waals surface area contributed by atoms with E-state index >= 15 is 0 Å². The first kappa shape index (κ1) is 6.66. The van der Waals surface area contributed by atoms with Crippen LogP contribution in [0, 0.1) is 11.8 Å². The number of allylic oxidation sites excluding steroid dienone is 1. The first-order valence-electron chi connectivity index (χ1n) is 3.54. The van der Waals surface area contributed by atoms with Crippen molar-refractivity contribution < 1.29 is 4.74 Å². The van der Waals surface area contributed by atoms with Crippen molar-refractivity contribution in [3.05, 3.63) is 12.3 Å². The zero-order valence-corrected chi connectivity index (χ0v) is 6.29. The molecule has 1 aliphatic heterocycles. The maximum atomic E-state index is 5.28. The fourth-order valence-electron chi connectivity index (χ4n) is 1.02. The van der Waals surface area contributed by atoms with Crippen molar-refractivity contribution in [2.75, 3.05) is 0 Å². The highest BCUT2D eigenvalue weighted by Crippen LogP contribution is 2.22. The summed E-state index contributed by atoms with van der Waals surface area (Å²) in [6.07, 6.45) is 4.32. The van der Waals surface area contributed by atoms with Gasteiger partial charge in [0.2, 0.25) is 0 Å². The highest BCUT2D eigenvalue weighted by Gasteiger charge is 2.20. The SMILES string of the molecule is C[C@H]1[C@H](C)OC=C[C@@H]1C. The largest absolute Gasteiger partial charge is 0.498 e. The smallest absolute Gasteiger partial charge is 0.0981 e. The average molecular weight is 126 g/mol. The van der Waals surface area contributed by atoms with Crippen LogP contribution in [0.2, 0.25) is 0 Å². The third-order valence-corrected chi connectivity index (χ3v) is 2.25. The van der Waals surface area contributed by atoms with Crippen LogP contribution in [0.15, 0.2) is 12.3 Å². The van der Waals surface area contributed by atoms with E-state index in [1.807, 2.05) is 6.26 Å². The molecule has 1 heterocycles. The summed E-state index contributed by atoms with van der Waals surface area (Å²) in [6, 6.07) is 0. The number of hydrogen-bond acceptors (Lipinski definition) is 1. The van der Waals surface area contributed by atoms with Gasteiger partial charge in [0.1, 0.15) is 0 Å². The van der Waals surface area contributed by atoms with Crippen LogP contribution < -0.4 is 0 Å². The summed E-state index contributed by atoms with van der Waals surface area (Å²) in [4.78, 5) is 0. The Morgan fingerprint density at radius 1 is 1.22 bits per heavy atom. The molecule has 0 aromatic heterocycles. The normalized spacial score (nSPS) is 42.3. The van der Waals surface area contributed by atoms with Gasteiger partial charge in [0, 0.05) is 0 Å². The standard InChI is InChI=1S/C8H14O/c1-6-4-5-9-8(3)7(6)2/h4-8H,1-3H3/t6-,7+,8-/m0/s1. The van der Waals surface area contributed by atoms with Gasteiger partial charge < -0.3 is 4.74 Å². The van der Waals surface area contributed by atoms with Crippen LogP contribution in [0.3, 0.4) is 0 Å². The van der Waals surface area contributed by atoms with Gasteiger partial charge in [-0.05, 0) is 24.8 Å². The van der Waals surface area contributed by atoms with Gasteiger partial charge in [-0.15, -0.1) is 0 Å². The quantitative estimate of drug-likeness (QED) is 0.483. The molecule has 0 aliphatic carbocycles. The highest BCUT2D eigenvalue weighted by molar-refractivity contribution is 4.90. The fourth-order valence-corrected chi connectivity index (χ4v) is 1.02. The summed E-state index contributed by atoms with van der Waals surface area (Å²) in [5, 5.41) is 0. The van der Waals surface area contributed by atoms with Gasteiger partial charge in [0.25, 0.3) is 0 Å². The van der Waals surface area contributed by atoms with Crippen molar-refractivity contribution in [2.45, 2.75) is 26.9 Å². The molecule has 0 amide bonds. The minimum Gasteiger partial charge on any atom is -0.498 e. The van der Waals surface area contributed by atoms with Crippen molar-refractivity contribution in [3.8, 4) is 0 Å². The summed E-state index contributed by atoms with van der Waals surface area (Å²) in [6.45, 7) is 6.56. The maximum Gasteiger partial charge on any atom is 0.0981 e. The van der Waals surface area contributed by atoms with Gasteiger partial charge in [-0.3, -0.25) is 0 Å². The lowest BCUT2D eigenvalue weighted by atomic mass is 9.90. The Hall–Kier alpha value is -0.460. The van der Waals surface area contributed by atoms with Crippen molar-refractivity contribution in [1.29, 1.82) is 0 Å². The van der Waals surface area contributed by atoms with Gasteiger partial charge in [0.15, 0.2) is 0 Å². The van der Waals surface area contributed by atoms with E-state index in [0.29, 0.717) is 17.9 Å². The van der Waals surface area contributed by atoms with Crippen LogP contribution >= 0.6 is 0 Å². The minimum absolute atomic E-state index is 0.394. The molecule has 0 unspecified atom stereocenters. The Balaban J connectivity index is 2.58. The van der Waals surface area contributed by atoms with Gasteiger partial charge in [-0.25, -0.2) is 0 Å². The molecule has 1 aliphatic rings. The molecular weight excluding hydrogens is 112 g/mol. The van der Waals surface area contributed by atoms with Crippen LogP contribution in [-0.4, -0.2) is 6.10 Å². The van der Waals surface area contributed by atoms with Gasteiger partial charge in [-0.2, -0.15) is 0 Å². The lowest BCUT2D eigenvalue weighted by molar-refractivity contribution is 0.0742. The molecule has 0 spiro atoms. The number of hydrogen-bond donors (Lipinski definition) is 0. The van der Waals surface area contributed by atoms with E-state index in [1.165, 1.54) is 0 Å². The van der Waals surface area contributed by atoms with Crippen molar-refractivity contribution in [1.82, 2.24) is 0 Å². The molecule has 0 aromatic rings. The van der Waals surface area contributed by atoms with Crippen molar-refractivity contribution >= 4 is 0 Å². The first-order chi connectivity index (χ1) is 4.22. The maximum absolute atomic E-state index is 5.28. The highest BCUT2D eigenvalue weighted by atomic mass is 16.5. The van der Waals surface area contributed by atoms with Crippen molar-refractivity contribution in [2.24, 2.45) is 11.8 Å². The monoisotopic (exact) mass is 126 g/mol. The van der Waals surface area contributed by atoms with E-state index < -0.39 is 0 Å². The van der Waals surface area contributed by atoms with Crippen LogP contribution in [0.25, 0.3) is 0 Å². The third-order valence-electron chi connectivity index (χ3n) is 2.25. The molecule has 9 heavy (non-hydrogen) atoms. The molecule has 0 saturated heterocycles.